The van der Waals surface area contributed by atoms with Crippen molar-refractivity contribution in [2.24, 2.45) is 11.8 Å². The van der Waals surface area contributed by atoms with Crippen LogP contribution in [0.2, 0.25) is 0 Å². The van der Waals surface area contributed by atoms with E-state index >= 15 is 0 Å². The van der Waals surface area contributed by atoms with Crippen molar-refractivity contribution in [3.05, 3.63) is 53.2 Å². The molecule has 0 saturated carbocycles. The highest BCUT2D eigenvalue weighted by Gasteiger charge is 2.21. The lowest BCUT2D eigenvalue weighted by molar-refractivity contribution is 0.0943. The van der Waals surface area contributed by atoms with Gasteiger partial charge in [0.2, 0.25) is 5.89 Å². The first-order valence-electron chi connectivity index (χ1n) is 9.78. The number of aromatic nitrogens is 1. The standard InChI is InChI=1S/C22H33N3O2/c1-15(2)11-23-22(26)20-14-27-21(24-20)13-25(18(6)16(3)4)12-19-9-7-8-17(5)10-19/h7-10,14-16,18H,11-13H2,1-6H3,(H,23,26)/t18-/m1/s1. The molecule has 1 aromatic carbocycles. The summed E-state index contributed by atoms with van der Waals surface area (Å²) in [6, 6.07) is 8.91. The summed E-state index contributed by atoms with van der Waals surface area (Å²) in [7, 11) is 0. The normalized spacial score (nSPS) is 12.8. The molecule has 1 aromatic heterocycles. The maximum atomic E-state index is 12.2. The Balaban J connectivity index is 2.10. The van der Waals surface area contributed by atoms with Gasteiger partial charge in [-0.2, -0.15) is 0 Å². The third-order valence-electron chi connectivity index (χ3n) is 4.80. The van der Waals surface area contributed by atoms with E-state index in [2.05, 4.69) is 81.0 Å². The van der Waals surface area contributed by atoms with E-state index in [1.165, 1.54) is 17.4 Å². The third-order valence-corrected chi connectivity index (χ3v) is 4.80. The summed E-state index contributed by atoms with van der Waals surface area (Å²) in [5, 5.41) is 2.88. The molecule has 148 valence electrons. The van der Waals surface area contributed by atoms with Crippen molar-refractivity contribution in [2.75, 3.05) is 6.54 Å². The number of benzene rings is 1. The molecule has 2 aromatic rings. The summed E-state index contributed by atoms with van der Waals surface area (Å²) in [6.07, 6.45) is 1.45. The fourth-order valence-electron chi connectivity index (χ4n) is 2.86. The number of carbonyl (C=O) groups excluding carboxylic acids is 1. The fraction of sp³-hybridized carbons (Fsp3) is 0.545. The van der Waals surface area contributed by atoms with Crippen molar-refractivity contribution in [1.82, 2.24) is 15.2 Å². The first kappa shape index (κ1) is 21.2. The van der Waals surface area contributed by atoms with Crippen LogP contribution in [0.25, 0.3) is 0 Å². The van der Waals surface area contributed by atoms with Gasteiger partial charge < -0.3 is 9.73 Å². The van der Waals surface area contributed by atoms with Gasteiger partial charge in [-0.25, -0.2) is 4.98 Å². The molecule has 1 atom stereocenters. The molecule has 5 nitrogen and oxygen atoms in total. The second-order valence-electron chi connectivity index (χ2n) is 8.11. The topological polar surface area (TPSA) is 58.4 Å². The summed E-state index contributed by atoms with van der Waals surface area (Å²) in [4.78, 5) is 18.9. The maximum Gasteiger partial charge on any atom is 0.273 e. The van der Waals surface area contributed by atoms with Crippen LogP contribution >= 0.6 is 0 Å². The summed E-state index contributed by atoms with van der Waals surface area (Å²) in [5.74, 6) is 1.29. The third kappa shape index (κ3) is 6.51. The quantitative estimate of drug-likeness (QED) is 0.709. The van der Waals surface area contributed by atoms with Gasteiger partial charge in [-0.05, 0) is 31.2 Å². The van der Waals surface area contributed by atoms with Crippen LogP contribution in [0.3, 0.4) is 0 Å². The summed E-state index contributed by atoms with van der Waals surface area (Å²) < 4.78 is 5.60. The highest BCUT2D eigenvalue weighted by atomic mass is 16.3. The molecule has 0 aliphatic rings. The molecular weight excluding hydrogens is 338 g/mol. The zero-order valence-electron chi connectivity index (χ0n) is 17.5. The fourth-order valence-corrected chi connectivity index (χ4v) is 2.86. The molecule has 1 amide bonds. The van der Waals surface area contributed by atoms with Gasteiger partial charge in [-0.15, -0.1) is 0 Å². The van der Waals surface area contributed by atoms with Gasteiger partial charge in [-0.1, -0.05) is 57.5 Å². The Bertz CT molecular complexity index is 737. The van der Waals surface area contributed by atoms with Crippen LogP contribution in [0.5, 0.6) is 0 Å². The van der Waals surface area contributed by atoms with Gasteiger partial charge in [0.1, 0.15) is 6.26 Å². The van der Waals surface area contributed by atoms with E-state index in [1.807, 2.05) is 0 Å². The van der Waals surface area contributed by atoms with Crippen molar-refractivity contribution in [1.29, 1.82) is 0 Å². The molecule has 0 bridgehead atoms. The van der Waals surface area contributed by atoms with Gasteiger partial charge in [0, 0.05) is 19.1 Å². The summed E-state index contributed by atoms with van der Waals surface area (Å²) >= 11 is 0. The van der Waals surface area contributed by atoms with Crippen molar-refractivity contribution >= 4 is 5.91 Å². The number of amides is 1. The van der Waals surface area contributed by atoms with E-state index in [0.717, 1.165) is 6.54 Å². The Morgan fingerprint density at radius 3 is 2.56 bits per heavy atom. The van der Waals surface area contributed by atoms with Crippen LogP contribution in [0.4, 0.5) is 0 Å². The van der Waals surface area contributed by atoms with Gasteiger partial charge in [0.05, 0.1) is 6.54 Å². The molecule has 0 aliphatic heterocycles. The molecule has 0 aliphatic carbocycles. The number of oxazole rings is 1. The zero-order valence-corrected chi connectivity index (χ0v) is 17.5. The summed E-state index contributed by atoms with van der Waals surface area (Å²) in [5.41, 5.74) is 2.87. The van der Waals surface area contributed by atoms with E-state index in [9.17, 15) is 4.79 Å². The molecular formula is C22H33N3O2. The number of hydrogen-bond donors (Lipinski definition) is 1. The van der Waals surface area contributed by atoms with E-state index in [0.29, 0.717) is 42.6 Å². The smallest absolute Gasteiger partial charge is 0.273 e. The Morgan fingerprint density at radius 2 is 1.93 bits per heavy atom. The first-order valence-corrected chi connectivity index (χ1v) is 9.78. The maximum absolute atomic E-state index is 12.2. The van der Waals surface area contributed by atoms with Crippen LogP contribution < -0.4 is 5.32 Å². The van der Waals surface area contributed by atoms with E-state index in [-0.39, 0.29) is 5.91 Å². The second kappa shape index (κ2) is 9.70. The van der Waals surface area contributed by atoms with E-state index in [1.54, 1.807) is 0 Å². The molecule has 27 heavy (non-hydrogen) atoms. The van der Waals surface area contributed by atoms with Crippen LogP contribution in [-0.2, 0) is 13.1 Å². The minimum atomic E-state index is -0.180. The van der Waals surface area contributed by atoms with Crippen molar-refractivity contribution in [3.8, 4) is 0 Å². The van der Waals surface area contributed by atoms with Gasteiger partial charge in [0.25, 0.3) is 5.91 Å². The van der Waals surface area contributed by atoms with Crippen molar-refractivity contribution in [2.45, 2.75) is 60.7 Å². The molecule has 1 N–H and O–H groups in total. The number of carbonyl (C=O) groups is 1. The van der Waals surface area contributed by atoms with E-state index in [4.69, 9.17) is 4.42 Å². The average molecular weight is 372 g/mol. The Labute approximate surface area is 163 Å². The minimum absolute atomic E-state index is 0.180. The average Bonchev–Trinajstić information content (AvgIpc) is 3.07. The number of nitrogens with one attached hydrogen (secondary N) is 1. The number of rotatable bonds is 9. The Hall–Kier alpha value is -2.14. The molecule has 0 radical (unpaired) electrons. The number of hydrogen-bond acceptors (Lipinski definition) is 4. The van der Waals surface area contributed by atoms with Crippen LogP contribution in [0.1, 0.15) is 62.1 Å². The monoisotopic (exact) mass is 371 g/mol. The predicted octanol–water partition coefficient (Wildman–Crippen LogP) is 4.42. The van der Waals surface area contributed by atoms with Crippen molar-refractivity contribution in [3.63, 3.8) is 0 Å². The van der Waals surface area contributed by atoms with Crippen LogP contribution in [0.15, 0.2) is 34.9 Å². The van der Waals surface area contributed by atoms with Crippen LogP contribution in [0, 0.1) is 18.8 Å². The lowest BCUT2D eigenvalue weighted by Crippen LogP contribution is -2.36. The largest absolute Gasteiger partial charge is 0.447 e. The van der Waals surface area contributed by atoms with Gasteiger partial charge in [-0.3, -0.25) is 9.69 Å². The molecule has 1 heterocycles. The summed E-state index contributed by atoms with van der Waals surface area (Å²) in [6.45, 7) is 14.9. The lowest BCUT2D eigenvalue weighted by atomic mass is 10.0. The van der Waals surface area contributed by atoms with Gasteiger partial charge in [0.15, 0.2) is 5.69 Å². The van der Waals surface area contributed by atoms with Crippen molar-refractivity contribution < 1.29 is 9.21 Å². The number of aryl methyl sites for hydroxylation is 1. The molecule has 0 spiro atoms. The highest BCUT2D eigenvalue weighted by Crippen LogP contribution is 2.18. The number of nitrogens with zero attached hydrogens (tertiary/aromatic N) is 2. The lowest BCUT2D eigenvalue weighted by Gasteiger charge is -2.30. The molecule has 5 heteroatoms. The molecule has 2 rings (SSSR count). The minimum Gasteiger partial charge on any atom is -0.447 e. The first-order chi connectivity index (χ1) is 12.8. The SMILES string of the molecule is Cc1cccc(CN(Cc2nc(C(=O)NCC(C)C)co2)[C@H](C)C(C)C)c1. The Morgan fingerprint density at radius 1 is 1.19 bits per heavy atom. The predicted molar refractivity (Wildman–Crippen MR) is 108 cm³/mol. The Kier molecular flexibility index (Phi) is 7.60. The zero-order chi connectivity index (χ0) is 20.0. The molecule has 0 fully saturated rings. The highest BCUT2D eigenvalue weighted by molar-refractivity contribution is 5.91. The van der Waals surface area contributed by atoms with Crippen LogP contribution in [-0.4, -0.2) is 28.4 Å². The van der Waals surface area contributed by atoms with Gasteiger partial charge >= 0.3 is 0 Å². The second-order valence-corrected chi connectivity index (χ2v) is 8.11. The van der Waals surface area contributed by atoms with E-state index < -0.39 is 0 Å². The molecule has 0 unspecified atom stereocenters. The molecule has 0 saturated heterocycles.